The molecule has 0 saturated heterocycles. The van der Waals surface area contributed by atoms with E-state index < -0.39 is 35.4 Å². The Bertz CT molecular complexity index is 981. The van der Waals surface area contributed by atoms with Crippen molar-refractivity contribution in [1.82, 2.24) is 15.2 Å². The van der Waals surface area contributed by atoms with Gasteiger partial charge in [-0.25, -0.2) is 4.98 Å². The van der Waals surface area contributed by atoms with Gasteiger partial charge in [0, 0.05) is 28.6 Å². The van der Waals surface area contributed by atoms with Crippen LogP contribution in [-0.2, 0) is 20.9 Å². The Morgan fingerprint density at radius 2 is 1.97 bits per heavy atom. The molecule has 1 aromatic carbocycles. The van der Waals surface area contributed by atoms with Crippen LogP contribution < -0.4 is 5.32 Å². The molecule has 0 saturated carbocycles. The molecular weight excluding hydrogens is 394 g/mol. The molecule has 1 aliphatic rings. The predicted octanol–water partition coefficient (Wildman–Crippen LogP) is 2.33. The fourth-order valence-electron chi connectivity index (χ4n) is 3.14. The number of aliphatic hydroxyl groups excluding tert-OH is 1. The van der Waals surface area contributed by atoms with Crippen molar-refractivity contribution in [2.45, 2.75) is 32.4 Å². The molecule has 0 spiro atoms. The number of thiazole rings is 1. The minimum absolute atomic E-state index is 0.0823. The molecule has 8 nitrogen and oxygen atoms in total. The lowest BCUT2D eigenvalue weighted by Gasteiger charge is -2.42. The fourth-order valence-corrected chi connectivity index (χ4v) is 4.04. The van der Waals surface area contributed by atoms with Gasteiger partial charge < -0.3 is 20.4 Å². The van der Waals surface area contributed by atoms with Gasteiger partial charge in [0.1, 0.15) is 22.9 Å². The Hall–Kier alpha value is -3.20. The third-order valence-electron chi connectivity index (χ3n) is 4.59. The SMILES string of the molecule is CC1(C)CC(O)=C(C(=O)NCC(=O)O)C(=O)N1Cc1cnc(-c2ccccc2)s1. The Balaban J connectivity index is 1.83. The second-order valence-electron chi connectivity index (χ2n) is 7.28. The van der Waals surface area contributed by atoms with Crippen LogP contribution in [0.2, 0.25) is 0 Å². The van der Waals surface area contributed by atoms with Gasteiger partial charge in [-0.3, -0.25) is 14.4 Å². The number of rotatable bonds is 6. The lowest BCUT2D eigenvalue weighted by Crippen LogP contribution is -2.53. The average molecular weight is 415 g/mol. The van der Waals surface area contributed by atoms with Gasteiger partial charge in [-0.05, 0) is 13.8 Å². The standard InChI is InChI=1S/C20H21N3O5S/c1-20(2)8-14(24)16(17(27)21-10-15(25)26)19(28)23(20)11-13-9-22-18(29-13)12-6-4-3-5-7-12/h3-7,9,24H,8,10-11H2,1-2H3,(H,21,27)(H,25,26). The number of benzene rings is 1. The van der Waals surface area contributed by atoms with Crippen molar-refractivity contribution >= 4 is 29.1 Å². The molecule has 2 heterocycles. The van der Waals surface area contributed by atoms with Gasteiger partial charge >= 0.3 is 5.97 Å². The van der Waals surface area contributed by atoms with Gasteiger partial charge in [-0.2, -0.15) is 0 Å². The summed E-state index contributed by atoms with van der Waals surface area (Å²) in [6, 6.07) is 9.66. The van der Waals surface area contributed by atoms with Crippen LogP contribution in [0.1, 0.15) is 25.1 Å². The molecule has 0 fully saturated rings. The molecule has 0 bridgehead atoms. The predicted molar refractivity (Wildman–Crippen MR) is 107 cm³/mol. The number of aliphatic carboxylic acids is 1. The number of carboxylic acids is 1. The first-order valence-corrected chi connectivity index (χ1v) is 9.75. The molecule has 3 rings (SSSR count). The van der Waals surface area contributed by atoms with Crippen LogP contribution in [0.5, 0.6) is 0 Å². The fraction of sp³-hybridized carbons (Fsp3) is 0.300. The van der Waals surface area contributed by atoms with Gasteiger partial charge in [-0.1, -0.05) is 30.3 Å². The number of amides is 2. The molecule has 3 N–H and O–H groups in total. The van der Waals surface area contributed by atoms with Crippen molar-refractivity contribution in [3.63, 3.8) is 0 Å². The van der Waals surface area contributed by atoms with E-state index in [2.05, 4.69) is 10.3 Å². The van der Waals surface area contributed by atoms with Crippen molar-refractivity contribution in [3.8, 4) is 10.6 Å². The lowest BCUT2D eigenvalue weighted by molar-refractivity contribution is -0.140. The lowest BCUT2D eigenvalue weighted by atomic mass is 9.89. The van der Waals surface area contributed by atoms with Crippen molar-refractivity contribution in [2.24, 2.45) is 0 Å². The van der Waals surface area contributed by atoms with E-state index in [0.29, 0.717) is 0 Å². The van der Waals surface area contributed by atoms with Crippen molar-refractivity contribution in [2.75, 3.05) is 6.54 Å². The quantitative estimate of drug-likeness (QED) is 0.623. The third kappa shape index (κ3) is 4.45. The van der Waals surface area contributed by atoms with Gasteiger partial charge in [0.05, 0.1) is 6.54 Å². The number of aromatic nitrogens is 1. The monoisotopic (exact) mass is 415 g/mol. The first-order chi connectivity index (χ1) is 13.7. The zero-order valence-electron chi connectivity index (χ0n) is 16.0. The minimum atomic E-state index is -1.24. The molecule has 0 atom stereocenters. The van der Waals surface area contributed by atoms with Crippen LogP contribution in [0.25, 0.3) is 10.6 Å². The summed E-state index contributed by atoms with van der Waals surface area (Å²) < 4.78 is 0. The van der Waals surface area contributed by atoms with E-state index in [1.807, 2.05) is 30.3 Å². The Morgan fingerprint density at radius 1 is 1.28 bits per heavy atom. The van der Waals surface area contributed by atoms with Gasteiger partial charge in [0.25, 0.3) is 11.8 Å². The van der Waals surface area contributed by atoms with Crippen LogP contribution in [0.15, 0.2) is 47.9 Å². The Kier molecular flexibility index (Phi) is 5.69. The number of nitrogens with zero attached hydrogens (tertiary/aromatic N) is 2. The van der Waals surface area contributed by atoms with Crippen LogP contribution >= 0.6 is 11.3 Å². The molecule has 9 heteroatoms. The Morgan fingerprint density at radius 3 is 2.62 bits per heavy atom. The molecule has 152 valence electrons. The summed E-state index contributed by atoms with van der Waals surface area (Å²) in [6.45, 7) is 3.18. The summed E-state index contributed by atoms with van der Waals surface area (Å²) in [5.74, 6) is -3.12. The van der Waals surface area contributed by atoms with Crippen LogP contribution in [0.4, 0.5) is 0 Å². The van der Waals surface area contributed by atoms with E-state index >= 15 is 0 Å². The van der Waals surface area contributed by atoms with Crippen molar-refractivity contribution in [3.05, 3.63) is 52.7 Å². The van der Waals surface area contributed by atoms with E-state index in [4.69, 9.17) is 5.11 Å². The second kappa shape index (κ2) is 8.04. The number of carboxylic acid groups (broad SMARTS) is 1. The van der Waals surface area contributed by atoms with Crippen molar-refractivity contribution in [1.29, 1.82) is 0 Å². The van der Waals surface area contributed by atoms with E-state index in [1.165, 1.54) is 16.2 Å². The van der Waals surface area contributed by atoms with Gasteiger partial charge in [-0.15, -0.1) is 11.3 Å². The molecule has 2 amide bonds. The Labute approximate surface area is 171 Å². The highest BCUT2D eigenvalue weighted by Crippen LogP contribution is 2.34. The number of carbonyl (C=O) groups is 3. The number of hydrogen-bond donors (Lipinski definition) is 3. The highest BCUT2D eigenvalue weighted by atomic mass is 32.1. The van der Waals surface area contributed by atoms with Crippen molar-refractivity contribution < 1.29 is 24.6 Å². The summed E-state index contributed by atoms with van der Waals surface area (Å²) in [7, 11) is 0. The maximum atomic E-state index is 13.0. The average Bonchev–Trinajstić information content (AvgIpc) is 3.12. The van der Waals surface area contributed by atoms with Gasteiger partial charge in [0.2, 0.25) is 0 Å². The number of nitrogens with one attached hydrogen (secondary N) is 1. The number of carbonyl (C=O) groups excluding carboxylic acids is 2. The number of hydrogen-bond acceptors (Lipinski definition) is 6. The molecular formula is C20H21N3O5S. The van der Waals surface area contributed by atoms with Crippen LogP contribution in [-0.4, -0.2) is 50.0 Å². The first kappa shape index (κ1) is 20.5. The molecule has 1 aliphatic heterocycles. The highest BCUT2D eigenvalue weighted by molar-refractivity contribution is 7.15. The maximum absolute atomic E-state index is 13.0. The molecule has 1 aromatic heterocycles. The molecule has 0 aliphatic carbocycles. The summed E-state index contributed by atoms with van der Waals surface area (Å²) in [6.07, 6.45) is 1.78. The highest BCUT2D eigenvalue weighted by Gasteiger charge is 2.42. The van der Waals surface area contributed by atoms with E-state index in [0.717, 1.165) is 15.4 Å². The van der Waals surface area contributed by atoms with Crippen LogP contribution in [0.3, 0.4) is 0 Å². The van der Waals surface area contributed by atoms with E-state index in [1.54, 1.807) is 20.0 Å². The summed E-state index contributed by atoms with van der Waals surface area (Å²) in [5.41, 5.74) is -0.174. The molecule has 29 heavy (non-hydrogen) atoms. The molecule has 2 aromatic rings. The van der Waals surface area contributed by atoms with E-state index in [9.17, 15) is 19.5 Å². The zero-order chi connectivity index (χ0) is 21.2. The molecule has 0 unspecified atom stereocenters. The zero-order valence-corrected chi connectivity index (χ0v) is 16.8. The smallest absolute Gasteiger partial charge is 0.322 e. The first-order valence-electron chi connectivity index (χ1n) is 8.93. The summed E-state index contributed by atoms with van der Waals surface area (Å²) in [4.78, 5) is 42.7. The second-order valence-corrected chi connectivity index (χ2v) is 8.39. The topological polar surface area (TPSA) is 120 Å². The largest absolute Gasteiger partial charge is 0.511 e. The maximum Gasteiger partial charge on any atom is 0.322 e. The number of aliphatic hydroxyl groups is 1. The third-order valence-corrected chi connectivity index (χ3v) is 5.62. The van der Waals surface area contributed by atoms with E-state index in [-0.39, 0.29) is 18.7 Å². The normalized spacial score (nSPS) is 16.1. The summed E-state index contributed by atoms with van der Waals surface area (Å²) >= 11 is 1.45. The summed E-state index contributed by atoms with van der Waals surface area (Å²) in [5, 5.41) is 21.9. The van der Waals surface area contributed by atoms with Crippen LogP contribution in [0, 0.1) is 0 Å². The minimum Gasteiger partial charge on any atom is -0.511 e. The molecule has 0 radical (unpaired) electrons. The van der Waals surface area contributed by atoms with Gasteiger partial charge in [0.15, 0.2) is 0 Å².